The summed E-state index contributed by atoms with van der Waals surface area (Å²) in [6.45, 7) is 7.00. The lowest BCUT2D eigenvalue weighted by atomic mass is 10.2. The summed E-state index contributed by atoms with van der Waals surface area (Å²) in [7, 11) is 1.48. The fraction of sp³-hybridized carbons (Fsp3) is 0.333. The number of hydrogen-bond acceptors (Lipinski definition) is 1. The van der Waals surface area contributed by atoms with Crippen LogP contribution in [0.1, 0.15) is 26.3 Å². The summed E-state index contributed by atoms with van der Waals surface area (Å²) >= 11 is 0. The molecule has 0 saturated carbocycles. The Morgan fingerprint density at radius 3 is 2.10 bits per heavy atom. The summed E-state index contributed by atoms with van der Waals surface area (Å²) in [6.07, 6.45) is 1.06. The topological polar surface area (TPSA) is 9.23 Å². The van der Waals surface area contributed by atoms with Crippen molar-refractivity contribution in [1.29, 1.82) is 0 Å². The first-order chi connectivity index (χ1) is 9.52. The third-order valence-corrected chi connectivity index (χ3v) is 6.60. The Balaban J connectivity index is 2.34. The van der Waals surface area contributed by atoms with E-state index < -0.39 is 0 Å². The Hall–Kier alpha value is -1.33. The van der Waals surface area contributed by atoms with Gasteiger partial charge in [0, 0.05) is 6.16 Å². The molecular weight excluding hydrogens is 263 g/mol. The second kappa shape index (κ2) is 6.41. The van der Waals surface area contributed by atoms with E-state index in [1.54, 1.807) is 7.11 Å². The first kappa shape index (κ1) is 15.1. The Morgan fingerprint density at radius 1 is 0.900 bits per heavy atom. The SMILES string of the molecule is COc1ccccc1CP(c1ccccc1)C(C)(C)C. The van der Waals surface area contributed by atoms with Crippen LogP contribution in [0.25, 0.3) is 0 Å². The van der Waals surface area contributed by atoms with Gasteiger partial charge in [0.25, 0.3) is 0 Å². The summed E-state index contributed by atoms with van der Waals surface area (Å²) < 4.78 is 5.51. The molecule has 106 valence electrons. The van der Waals surface area contributed by atoms with Crippen LogP contribution in [-0.4, -0.2) is 12.3 Å². The molecule has 0 amide bonds. The third-order valence-electron chi connectivity index (χ3n) is 3.40. The predicted molar refractivity (Wildman–Crippen MR) is 89.4 cm³/mol. The van der Waals surface area contributed by atoms with Crippen molar-refractivity contribution in [3.05, 3.63) is 60.2 Å². The highest BCUT2D eigenvalue weighted by atomic mass is 31.1. The molecule has 2 aromatic carbocycles. The summed E-state index contributed by atoms with van der Waals surface area (Å²) in [5, 5.41) is 1.73. The number of benzene rings is 2. The summed E-state index contributed by atoms with van der Waals surface area (Å²) in [5.74, 6) is 1.00. The van der Waals surface area contributed by atoms with Gasteiger partial charge in [-0.25, -0.2) is 0 Å². The summed E-state index contributed by atoms with van der Waals surface area (Å²) in [6, 6.07) is 19.2. The maximum absolute atomic E-state index is 5.51. The molecule has 2 aromatic rings. The zero-order valence-corrected chi connectivity index (χ0v) is 13.7. The Kier molecular flexibility index (Phi) is 4.83. The first-order valence-corrected chi connectivity index (χ1v) is 8.49. The van der Waals surface area contributed by atoms with Crippen molar-refractivity contribution in [3.63, 3.8) is 0 Å². The lowest BCUT2D eigenvalue weighted by Crippen LogP contribution is -2.20. The van der Waals surface area contributed by atoms with Gasteiger partial charge in [-0.1, -0.05) is 77.2 Å². The molecule has 2 rings (SSSR count). The highest BCUT2D eigenvalue weighted by molar-refractivity contribution is 7.66. The average Bonchev–Trinajstić information content (AvgIpc) is 2.45. The van der Waals surface area contributed by atoms with Crippen LogP contribution in [0.3, 0.4) is 0 Å². The smallest absolute Gasteiger partial charge is 0.122 e. The summed E-state index contributed by atoms with van der Waals surface area (Å²) in [5.41, 5.74) is 1.31. The van der Waals surface area contributed by atoms with Crippen LogP contribution in [-0.2, 0) is 6.16 Å². The monoisotopic (exact) mass is 286 g/mol. The number of rotatable bonds is 4. The fourth-order valence-electron chi connectivity index (χ4n) is 2.33. The van der Waals surface area contributed by atoms with Crippen LogP contribution in [0.15, 0.2) is 54.6 Å². The zero-order valence-electron chi connectivity index (χ0n) is 12.8. The maximum Gasteiger partial charge on any atom is 0.122 e. The molecule has 0 spiro atoms. The van der Waals surface area contributed by atoms with Gasteiger partial charge in [0.2, 0.25) is 0 Å². The van der Waals surface area contributed by atoms with E-state index in [2.05, 4.69) is 69.3 Å². The molecule has 2 heteroatoms. The second-order valence-corrected chi connectivity index (χ2v) is 8.93. The van der Waals surface area contributed by atoms with Crippen molar-refractivity contribution in [2.45, 2.75) is 32.1 Å². The van der Waals surface area contributed by atoms with E-state index in [-0.39, 0.29) is 13.1 Å². The minimum absolute atomic E-state index is 0.275. The standard InChI is InChI=1S/C18H23OP/c1-18(2,3)20(16-11-6-5-7-12-16)14-15-10-8-9-13-17(15)19-4/h5-13H,14H2,1-4H3. The van der Waals surface area contributed by atoms with Crippen LogP contribution in [0.4, 0.5) is 0 Å². The van der Waals surface area contributed by atoms with Gasteiger partial charge in [-0.05, 0) is 22.1 Å². The van der Waals surface area contributed by atoms with Gasteiger partial charge in [0.1, 0.15) is 5.75 Å². The van der Waals surface area contributed by atoms with Gasteiger partial charge < -0.3 is 4.74 Å². The van der Waals surface area contributed by atoms with E-state index in [0.29, 0.717) is 0 Å². The maximum atomic E-state index is 5.51. The predicted octanol–water partition coefficient (Wildman–Crippen LogP) is 4.80. The molecule has 0 saturated heterocycles. The summed E-state index contributed by atoms with van der Waals surface area (Å²) in [4.78, 5) is 0. The Bertz CT molecular complexity index is 543. The number of ether oxygens (including phenoxy) is 1. The van der Waals surface area contributed by atoms with Crippen LogP contribution in [0.2, 0.25) is 0 Å². The molecule has 20 heavy (non-hydrogen) atoms. The first-order valence-electron chi connectivity index (χ1n) is 6.97. The van der Waals surface area contributed by atoms with Crippen molar-refractivity contribution in [2.24, 2.45) is 0 Å². The van der Waals surface area contributed by atoms with Gasteiger partial charge in [0.15, 0.2) is 0 Å². The molecule has 0 aliphatic rings. The number of methoxy groups -OCH3 is 1. The molecule has 0 aliphatic heterocycles. The van der Waals surface area contributed by atoms with Gasteiger partial charge >= 0.3 is 0 Å². The average molecular weight is 286 g/mol. The van der Waals surface area contributed by atoms with Gasteiger partial charge in [0.05, 0.1) is 7.11 Å². The van der Waals surface area contributed by atoms with Crippen LogP contribution >= 0.6 is 7.92 Å². The van der Waals surface area contributed by atoms with Crippen molar-refractivity contribution in [1.82, 2.24) is 0 Å². The van der Waals surface area contributed by atoms with Crippen molar-refractivity contribution >= 4 is 13.2 Å². The number of hydrogen-bond donors (Lipinski definition) is 0. The van der Waals surface area contributed by atoms with E-state index >= 15 is 0 Å². The second-order valence-electron chi connectivity index (χ2n) is 5.90. The highest BCUT2D eigenvalue weighted by Gasteiger charge is 2.26. The lowest BCUT2D eigenvalue weighted by molar-refractivity contribution is 0.411. The van der Waals surface area contributed by atoms with E-state index in [4.69, 9.17) is 4.74 Å². The molecule has 1 atom stereocenters. The minimum atomic E-state index is -0.275. The van der Waals surface area contributed by atoms with E-state index in [1.807, 2.05) is 6.07 Å². The molecule has 0 fully saturated rings. The van der Waals surface area contributed by atoms with Crippen molar-refractivity contribution < 1.29 is 4.74 Å². The van der Waals surface area contributed by atoms with Crippen LogP contribution < -0.4 is 10.0 Å². The zero-order chi connectivity index (χ0) is 14.6. The third kappa shape index (κ3) is 3.61. The quantitative estimate of drug-likeness (QED) is 0.733. The molecule has 0 radical (unpaired) electrons. The van der Waals surface area contributed by atoms with Crippen LogP contribution in [0.5, 0.6) is 5.75 Å². The van der Waals surface area contributed by atoms with E-state index in [9.17, 15) is 0 Å². The molecule has 0 aromatic heterocycles. The van der Waals surface area contributed by atoms with E-state index in [1.165, 1.54) is 10.9 Å². The highest BCUT2D eigenvalue weighted by Crippen LogP contribution is 2.51. The largest absolute Gasteiger partial charge is 0.496 e. The van der Waals surface area contributed by atoms with Crippen molar-refractivity contribution in [3.8, 4) is 5.75 Å². The van der Waals surface area contributed by atoms with Gasteiger partial charge in [-0.3, -0.25) is 0 Å². The molecule has 0 bridgehead atoms. The van der Waals surface area contributed by atoms with Crippen LogP contribution in [0, 0.1) is 0 Å². The van der Waals surface area contributed by atoms with Gasteiger partial charge in [-0.15, -0.1) is 0 Å². The van der Waals surface area contributed by atoms with Crippen molar-refractivity contribution in [2.75, 3.05) is 7.11 Å². The molecule has 0 N–H and O–H groups in total. The minimum Gasteiger partial charge on any atom is -0.496 e. The Labute approximate surface area is 123 Å². The normalized spacial score (nSPS) is 13.0. The molecule has 1 nitrogen and oxygen atoms in total. The van der Waals surface area contributed by atoms with E-state index in [0.717, 1.165) is 11.9 Å². The molecular formula is C18H23OP. The molecule has 0 heterocycles. The number of para-hydroxylation sites is 1. The molecule has 1 unspecified atom stereocenters. The van der Waals surface area contributed by atoms with Gasteiger partial charge in [-0.2, -0.15) is 0 Å². The lowest BCUT2D eigenvalue weighted by Gasteiger charge is -2.32. The molecule has 0 aliphatic carbocycles. The Morgan fingerprint density at radius 2 is 1.50 bits per heavy atom. The fourth-order valence-corrected chi connectivity index (χ4v) is 4.89.